The van der Waals surface area contributed by atoms with Crippen LogP contribution in [0.5, 0.6) is 0 Å². The summed E-state index contributed by atoms with van der Waals surface area (Å²) < 4.78 is 6.32. The third-order valence-corrected chi connectivity index (χ3v) is 3.41. The number of ether oxygens (including phenoxy) is 1. The van der Waals surface area contributed by atoms with Crippen LogP contribution in [0.3, 0.4) is 0 Å². The number of rotatable bonds is 6. The second kappa shape index (κ2) is 5.80. The summed E-state index contributed by atoms with van der Waals surface area (Å²) in [7, 11) is 1.77. The van der Waals surface area contributed by atoms with Gasteiger partial charge < -0.3 is 4.74 Å². The molecule has 2 rings (SSSR count). The summed E-state index contributed by atoms with van der Waals surface area (Å²) in [6.45, 7) is 2.89. The van der Waals surface area contributed by atoms with Crippen LogP contribution in [0.25, 0.3) is 0 Å². The predicted octanol–water partition coefficient (Wildman–Crippen LogP) is 3.06. The summed E-state index contributed by atoms with van der Waals surface area (Å²) >= 11 is 3.51. The Labute approximate surface area is 106 Å². The molecule has 0 heterocycles. The minimum atomic E-state index is 0.786. The van der Waals surface area contributed by atoms with Crippen LogP contribution in [0, 0.1) is 0 Å². The van der Waals surface area contributed by atoms with Crippen molar-refractivity contribution >= 4 is 15.9 Å². The van der Waals surface area contributed by atoms with Crippen molar-refractivity contribution in [3.05, 3.63) is 34.3 Å². The van der Waals surface area contributed by atoms with Gasteiger partial charge in [0.1, 0.15) is 0 Å². The van der Waals surface area contributed by atoms with Crippen LogP contribution in [0.4, 0.5) is 0 Å². The van der Waals surface area contributed by atoms with Crippen LogP contribution in [0.1, 0.15) is 18.4 Å². The average molecular weight is 284 g/mol. The van der Waals surface area contributed by atoms with E-state index in [-0.39, 0.29) is 0 Å². The molecule has 0 aromatic heterocycles. The first kappa shape index (κ1) is 12.1. The molecule has 0 saturated heterocycles. The lowest BCUT2D eigenvalue weighted by molar-refractivity contribution is 0.139. The summed E-state index contributed by atoms with van der Waals surface area (Å²) in [5.41, 5.74) is 1.37. The van der Waals surface area contributed by atoms with E-state index in [4.69, 9.17) is 4.74 Å². The minimum absolute atomic E-state index is 0.786. The molecule has 0 aliphatic heterocycles. The predicted molar refractivity (Wildman–Crippen MR) is 69.5 cm³/mol. The monoisotopic (exact) mass is 283 g/mol. The summed E-state index contributed by atoms with van der Waals surface area (Å²) in [5, 5.41) is 0. The highest BCUT2D eigenvalue weighted by Gasteiger charge is 2.28. The third-order valence-electron chi connectivity index (χ3n) is 2.92. The fourth-order valence-electron chi connectivity index (χ4n) is 1.91. The zero-order valence-corrected chi connectivity index (χ0v) is 11.2. The first-order valence-corrected chi connectivity index (χ1v) is 6.56. The summed E-state index contributed by atoms with van der Waals surface area (Å²) in [4.78, 5) is 2.52. The molecule has 16 heavy (non-hydrogen) atoms. The molecule has 1 aromatic rings. The Morgan fingerprint density at radius 3 is 2.88 bits per heavy atom. The molecule has 1 fully saturated rings. The lowest BCUT2D eigenvalue weighted by Gasteiger charge is -2.21. The lowest BCUT2D eigenvalue weighted by atomic mass is 10.2. The van der Waals surface area contributed by atoms with E-state index < -0.39 is 0 Å². The average Bonchev–Trinajstić information content (AvgIpc) is 3.08. The number of hydrogen-bond donors (Lipinski definition) is 0. The van der Waals surface area contributed by atoms with E-state index in [2.05, 4.69) is 45.1 Å². The Bertz CT molecular complexity index is 338. The van der Waals surface area contributed by atoms with E-state index in [1.165, 1.54) is 18.4 Å². The molecule has 1 aliphatic carbocycles. The van der Waals surface area contributed by atoms with Crippen molar-refractivity contribution in [3.63, 3.8) is 0 Å². The van der Waals surface area contributed by atoms with Crippen molar-refractivity contribution in [1.82, 2.24) is 4.90 Å². The molecule has 1 aromatic carbocycles. The summed E-state index contributed by atoms with van der Waals surface area (Å²) in [6, 6.07) is 9.34. The summed E-state index contributed by atoms with van der Waals surface area (Å²) in [5.74, 6) is 0. The number of nitrogens with zero attached hydrogens (tertiary/aromatic N) is 1. The van der Waals surface area contributed by atoms with Gasteiger partial charge in [0.2, 0.25) is 0 Å². The van der Waals surface area contributed by atoms with E-state index in [0.29, 0.717) is 0 Å². The van der Waals surface area contributed by atoms with Gasteiger partial charge in [-0.3, -0.25) is 4.90 Å². The number of halogens is 1. The normalized spacial score (nSPS) is 15.7. The van der Waals surface area contributed by atoms with Crippen molar-refractivity contribution < 1.29 is 4.74 Å². The first-order chi connectivity index (χ1) is 7.79. The highest BCUT2D eigenvalue weighted by molar-refractivity contribution is 9.10. The van der Waals surface area contributed by atoms with Crippen LogP contribution >= 0.6 is 15.9 Å². The van der Waals surface area contributed by atoms with Gasteiger partial charge in [0.15, 0.2) is 0 Å². The molecule has 0 unspecified atom stereocenters. The Hall–Kier alpha value is -0.380. The molecule has 1 aliphatic rings. The molecular weight excluding hydrogens is 266 g/mol. The Balaban J connectivity index is 1.94. The van der Waals surface area contributed by atoms with Crippen LogP contribution in [-0.2, 0) is 11.3 Å². The number of methoxy groups -OCH3 is 1. The Morgan fingerprint density at radius 2 is 2.25 bits per heavy atom. The summed E-state index contributed by atoms with van der Waals surface area (Å²) in [6.07, 6.45) is 2.69. The Kier molecular flexibility index (Phi) is 4.38. The van der Waals surface area contributed by atoms with Crippen molar-refractivity contribution in [2.45, 2.75) is 25.4 Å². The van der Waals surface area contributed by atoms with Gasteiger partial charge in [0, 0.05) is 30.7 Å². The number of hydrogen-bond acceptors (Lipinski definition) is 2. The van der Waals surface area contributed by atoms with Gasteiger partial charge in [-0.15, -0.1) is 0 Å². The molecule has 0 amide bonds. The molecule has 0 N–H and O–H groups in total. The molecule has 3 heteroatoms. The number of benzene rings is 1. The van der Waals surface area contributed by atoms with Crippen LogP contribution in [0.15, 0.2) is 28.7 Å². The van der Waals surface area contributed by atoms with E-state index in [1.54, 1.807) is 7.11 Å². The van der Waals surface area contributed by atoms with Gasteiger partial charge in [-0.2, -0.15) is 0 Å². The second-order valence-corrected chi connectivity index (χ2v) is 5.24. The SMILES string of the molecule is COCCN(Cc1cccc(Br)c1)C1CC1. The molecular formula is C13H18BrNO. The van der Waals surface area contributed by atoms with Gasteiger partial charge in [-0.1, -0.05) is 28.1 Å². The maximum absolute atomic E-state index is 5.16. The van der Waals surface area contributed by atoms with Gasteiger partial charge in [-0.05, 0) is 30.5 Å². The standard InChI is InChI=1S/C13H18BrNO/c1-16-8-7-15(13-5-6-13)10-11-3-2-4-12(14)9-11/h2-4,9,13H,5-8,10H2,1H3. The Morgan fingerprint density at radius 1 is 1.44 bits per heavy atom. The van der Waals surface area contributed by atoms with Crippen molar-refractivity contribution in [1.29, 1.82) is 0 Å². The maximum atomic E-state index is 5.16. The molecule has 1 saturated carbocycles. The third kappa shape index (κ3) is 3.58. The van der Waals surface area contributed by atoms with Crippen LogP contribution in [-0.4, -0.2) is 31.2 Å². The van der Waals surface area contributed by atoms with Gasteiger partial charge in [0.25, 0.3) is 0 Å². The molecule has 0 bridgehead atoms. The highest BCUT2D eigenvalue weighted by atomic mass is 79.9. The molecule has 0 radical (unpaired) electrons. The van der Waals surface area contributed by atoms with E-state index >= 15 is 0 Å². The second-order valence-electron chi connectivity index (χ2n) is 4.32. The molecule has 88 valence electrons. The zero-order chi connectivity index (χ0) is 11.4. The maximum Gasteiger partial charge on any atom is 0.0589 e. The fraction of sp³-hybridized carbons (Fsp3) is 0.538. The molecule has 0 spiro atoms. The highest BCUT2D eigenvalue weighted by Crippen LogP contribution is 2.28. The van der Waals surface area contributed by atoms with Gasteiger partial charge >= 0.3 is 0 Å². The van der Waals surface area contributed by atoms with Crippen LogP contribution in [0.2, 0.25) is 0 Å². The van der Waals surface area contributed by atoms with E-state index in [0.717, 1.165) is 30.2 Å². The van der Waals surface area contributed by atoms with Gasteiger partial charge in [0.05, 0.1) is 6.61 Å². The molecule has 2 nitrogen and oxygen atoms in total. The zero-order valence-electron chi connectivity index (χ0n) is 9.66. The largest absolute Gasteiger partial charge is 0.383 e. The van der Waals surface area contributed by atoms with Crippen molar-refractivity contribution in [3.8, 4) is 0 Å². The fourth-order valence-corrected chi connectivity index (χ4v) is 2.36. The van der Waals surface area contributed by atoms with E-state index in [1.807, 2.05) is 0 Å². The van der Waals surface area contributed by atoms with E-state index in [9.17, 15) is 0 Å². The van der Waals surface area contributed by atoms with Gasteiger partial charge in [-0.25, -0.2) is 0 Å². The smallest absolute Gasteiger partial charge is 0.0589 e. The van der Waals surface area contributed by atoms with Crippen molar-refractivity contribution in [2.24, 2.45) is 0 Å². The first-order valence-electron chi connectivity index (χ1n) is 5.77. The van der Waals surface area contributed by atoms with Crippen molar-refractivity contribution in [2.75, 3.05) is 20.3 Å². The quantitative estimate of drug-likeness (QED) is 0.796. The lowest BCUT2D eigenvalue weighted by Crippen LogP contribution is -2.29. The topological polar surface area (TPSA) is 12.5 Å². The minimum Gasteiger partial charge on any atom is -0.383 e. The van der Waals surface area contributed by atoms with Crippen LogP contribution < -0.4 is 0 Å². The molecule has 0 atom stereocenters.